The average Bonchev–Trinajstić information content (AvgIpc) is 2.17. The maximum Gasteiger partial charge on any atom is 0.253 e. The lowest BCUT2D eigenvalue weighted by Crippen LogP contribution is -2.28. The van der Waals surface area contributed by atoms with E-state index >= 15 is 0 Å². The zero-order valence-electron chi connectivity index (χ0n) is 9.58. The van der Waals surface area contributed by atoms with E-state index in [4.69, 9.17) is 7.85 Å². The minimum absolute atomic E-state index is 0.0642. The minimum Gasteiger partial charge on any atom is -0.342 e. The van der Waals surface area contributed by atoms with Crippen molar-refractivity contribution in [2.75, 3.05) is 13.6 Å². The van der Waals surface area contributed by atoms with Crippen molar-refractivity contribution >= 4 is 19.2 Å². The van der Waals surface area contributed by atoms with Crippen molar-refractivity contribution in [2.45, 2.75) is 20.3 Å². The molecule has 0 saturated carbocycles. The minimum atomic E-state index is 0.0642. The predicted octanol–water partition coefficient (Wildman–Crippen LogP) is 1.27. The molecule has 0 saturated heterocycles. The Morgan fingerprint density at radius 1 is 1.47 bits per heavy atom. The summed E-state index contributed by atoms with van der Waals surface area (Å²) >= 11 is 0. The van der Waals surface area contributed by atoms with E-state index in [-0.39, 0.29) is 5.91 Å². The van der Waals surface area contributed by atoms with Crippen LogP contribution in [0.1, 0.15) is 29.3 Å². The average molecular weight is 201 g/mol. The summed E-state index contributed by atoms with van der Waals surface area (Å²) in [6.07, 6.45) is 0.969. The molecule has 0 aliphatic carbocycles. The standard InChI is InChI=1S/C12H16BNO/c1-4-7-14(3)12(15)11-6-5-10(13)8-9(11)2/h5-6,8H,4,7H2,1-3H3. The van der Waals surface area contributed by atoms with Gasteiger partial charge in [0, 0.05) is 19.2 Å². The van der Waals surface area contributed by atoms with Gasteiger partial charge in [-0.25, -0.2) is 0 Å². The van der Waals surface area contributed by atoms with Crippen LogP contribution in [0.5, 0.6) is 0 Å². The van der Waals surface area contributed by atoms with Crippen molar-refractivity contribution in [1.82, 2.24) is 4.90 Å². The van der Waals surface area contributed by atoms with Gasteiger partial charge in [-0.15, -0.1) is 0 Å². The first-order valence-electron chi connectivity index (χ1n) is 5.17. The summed E-state index contributed by atoms with van der Waals surface area (Å²) in [6, 6.07) is 5.38. The first kappa shape index (κ1) is 11.8. The monoisotopic (exact) mass is 201 g/mol. The largest absolute Gasteiger partial charge is 0.342 e. The maximum absolute atomic E-state index is 12.0. The van der Waals surface area contributed by atoms with Crippen molar-refractivity contribution in [3.05, 3.63) is 29.3 Å². The third-order valence-electron chi connectivity index (χ3n) is 2.39. The molecule has 15 heavy (non-hydrogen) atoms. The molecule has 78 valence electrons. The quantitative estimate of drug-likeness (QED) is 0.674. The summed E-state index contributed by atoms with van der Waals surface area (Å²) in [7, 11) is 7.46. The van der Waals surface area contributed by atoms with Crippen molar-refractivity contribution in [2.24, 2.45) is 0 Å². The van der Waals surface area contributed by atoms with Gasteiger partial charge in [-0.05, 0) is 25.0 Å². The molecule has 2 nitrogen and oxygen atoms in total. The van der Waals surface area contributed by atoms with Gasteiger partial charge < -0.3 is 4.90 Å². The molecule has 0 spiro atoms. The molecule has 1 aromatic carbocycles. The number of nitrogens with zero attached hydrogens (tertiary/aromatic N) is 1. The highest BCUT2D eigenvalue weighted by atomic mass is 16.2. The fourth-order valence-electron chi connectivity index (χ4n) is 1.57. The lowest BCUT2D eigenvalue weighted by Gasteiger charge is -2.17. The van der Waals surface area contributed by atoms with Crippen LogP contribution in [0.4, 0.5) is 0 Å². The summed E-state index contributed by atoms with van der Waals surface area (Å²) in [5.74, 6) is 0.0642. The Labute approximate surface area is 92.7 Å². The van der Waals surface area contributed by atoms with E-state index in [2.05, 4.69) is 6.92 Å². The van der Waals surface area contributed by atoms with Crippen LogP contribution in [-0.2, 0) is 0 Å². The SMILES string of the molecule is [B]c1ccc(C(=O)N(C)CCC)c(C)c1. The fourth-order valence-corrected chi connectivity index (χ4v) is 1.57. The topological polar surface area (TPSA) is 20.3 Å². The van der Waals surface area contributed by atoms with Crippen LogP contribution in [0, 0.1) is 6.92 Å². The molecule has 0 fully saturated rings. The highest BCUT2D eigenvalue weighted by molar-refractivity contribution is 6.32. The van der Waals surface area contributed by atoms with Crippen LogP contribution in [0.15, 0.2) is 18.2 Å². The Hall–Kier alpha value is -1.25. The molecule has 0 aromatic heterocycles. The van der Waals surface area contributed by atoms with E-state index in [0.717, 1.165) is 24.1 Å². The molecule has 1 amide bonds. The zero-order valence-corrected chi connectivity index (χ0v) is 9.58. The van der Waals surface area contributed by atoms with Crippen LogP contribution >= 0.6 is 0 Å². The number of amides is 1. The molecule has 0 N–H and O–H groups in total. The summed E-state index contributed by atoms with van der Waals surface area (Å²) in [6.45, 7) is 4.74. The van der Waals surface area contributed by atoms with Gasteiger partial charge >= 0.3 is 0 Å². The summed E-state index contributed by atoms with van der Waals surface area (Å²) < 4.78 is 0. The summed E-state index contributed by atoms with van der Waals surface area (Å²) in [4.78, 5) is 13.7. The molecule has 0 atom stereocenters. The normalized spacial score (nSPS) is 10.1. The maximum atomic E-state index is 12.0. The molecule has 1 rings (SSSR count). The van der Waals surface area contributed by atoms with Crippen molar-refractivity contribution in [3.63, 3.8) is 0 Å². The van der Waals surface area contributed by atoms with Gasteiger partial charge in [0.2, 0.25) is 0 Å². The number of carbonyl (C=O) groups excluding carboxylic acids is 1. The van der Waals surface area contributed by atoms with Crippen LogP contribution < -0.4 is 5.46 Å². The Bertz CT molecular complexity index is 363. The predicted molar refractivity (Wildman–Crippen MR) is 63.8 cm³/mol. The van der Waals surface area contributed by atoms with Crippen molar-refractivity contribution in [1.29, 1.82) is 0 Å². The lowest BCUT2D eigenvalue weighted by molar-refractivity contribution is 0.0794. The number of rotatable bonds is 3. The third kappa shape index (κ3) is 2.85. The van der Waals surface area contributed by atoms with Gasteiger partial charge in [0.15, 0.2) is 0 Å². The van der Waals surface area contributed by atoms with E-state index in [1.165, 1.54) is 0 Å². The van der Waals surface area contributed by atoms with E-state index in [9.17, 15) is 4.79 Å². The van der Waals surface area contributed by atoms with Gasteiger partial charge in [-0.1, -0.05) is 24.5 Å². The molecule has 3 heteroatoms. The molecular formula is C12H16BNO. The van der Waals surface area contributed by atoms with Gasteiger partial charge in [0.05, 0.1) is 0 Å². The smallest absolute Gasteiger partial charge is 0.253 e. The molecular weight excluding hydrogens is 185 g/mol. The molecule has 1 aromatic rings. The number of benzene rings is 1. The second-order valence-electron chi connectivity index (χ2n) is 3.80. The van der Waals surface area contributed by atoms with Crippen LogP contribution in [0.2, 0.25) is 0 Å². The number of carbonyl (C=O) groups is 1. The highest BCUT2D eigenvalue weighted by Gasteiger charge is 2.12. The molecule has 0 aliphatic heterocycles. The Balaban J connectivity index is 2.91. The molecule has 0 heterocycles. The molecule has 0 bridgehead atoms. The summed E-state index contributed by atoms with van der Waals surface area (Å²) in [5, 5.41) is 0. The van der Waals surface area contributed by atoms with Gasteiger partial charge in [0.25, 0.3) is 5.91 Å². The number of hydrogen-bond acceptors (Lipinski definition) is 1. The Morgan fingerprint density at radius 2 is 2.13 bits per heavy atom. The van der Waals surface area contributed by atoms with E-state index in [0.29, 0.717) is 5.46 Å². The first-order valence-corrected chi connectivity index (χ1v) is 5.17. The van der Waals surface area contributed by atoms with Gasteiger partial charge in [0.1, 0.15) is 7.85 Å². The highest BCUT2D eigenvalue weighted by Crippen LogP contribution is 2.08. The number of aryl methyl sites for hydroxylation is 1. The molecule has 2 radical (unpaired) electrons. The van der Waals surface area contributed by atoms with Crippen LogP contribution in [-0.4, -0.2) is 32.2 Å². The Morgan fingerprint density at radius 3 is 2.67 bits per heavy atom. The second kappa shape index (κ2) is 5.01. The molecule has 0 unspecified atom stereocenters. The van der Waals surface area contributed by atoms with E-state index < -0.39 is 0 Å². The van der Waals surface area contributed by atoms with Crippen molar-refractivity contribution in [3.8, 4) is 0 Å². The number of hydrogen-bond donors (Lipinski definition) is 0. The van der Waals surface area contributed by atoms with Crippen LogP contribution in [0.3, 0.4) is 0 Å². The fraction of sp³-hybridized carbons (Fsp3) is 0.417. The van der Waals surface area contributed by atoms with Crippen molar-refractivity contribution < 1.29 is 4.79 Å². The second-order valence-corrected chi connectivity index (χ2v) is 3.80. The zero-order chi connectivity index (χ0) is 11.4. The van der Waals surface area contributed by atoms with Crippen LogP contribution in [0.25, 0.3) is 0 Å². The molecule has 0 aliphatic rings. The van der Waals surface area contributed by atoms with Gasteiger partial charge in [-0.2, -0.15) is 0 Å². The van der Waals surface area contributed by atoms with E-state index in [1.54, 1.807) is 17.0 Å². The van der Waals surface area contributed by atoms with Gasteiger partial charge in [-0.3, -0.25) is 4.79 Å². The summed E-state index contributed by atoms with van der Waals surface area (Å²) in [5.41, 5.74) is 2.37. The van der Waals surface area contributed by atoms with E-state index in [1.807, 2.05) is 20.0 Å². The lowest BCUT2D eigenvalue weighted by atomic mass is 9.92. The first-order chi connectivity index (χ1) is 7.06. The Kier molecular flexibility index (Phi) is 3.95. The third-order valence-corrected chi connectivity index (χ3v) is 2.39.